The molecule has 2 heterocycles. The van der Waals surface area contributed by atoms with Crippen molar-refractivity contribution in [3.63, 3.8) is 0 Å². The SMILES string of the molecule is CC(C)NC(=O)Nc1ccc2c(c1)C(=O)N(C)[C@H]1CC[C@H](CC(=O)NCc3ccc(F)cc3)O[C@@H]1CO2. The molecule has 3 atom stereocenters. The topological polar surface area (TPSA) is 109 Å². The highest BCUT2D eigenvalue weighted by molar-refractivity contribution is 5.99. The Bertz CT molecular complexity index is 1140. The van der Waals surface area contributed by atoms with Crippen LogP contribution in [0.2, 0.25) is 0 Å². The maximum Gasteiger partial charge on any atom is 0.319 e. The van der Waals surface area contributed by atoms with Crippen LogP contribution in [0.15, 0.2) is 42.5 Å². The number of carbonyl (C=O) groups excluding carboxylic acids is 3. The molecule has 3 N–H and O–H groups in total. The summed E-state index contributed by atoms with van der Waals surface area (Å²) < 4.78 is 25.3. The van der Waals surface area contributed by atoms with E-state index in [1.54, 1.807) is 42.3 Å². The number of halogens is 1. The lowest BCUT2D eigenvalue weighted by molar-refractivity contribution is -0.134. The average molecular weight is 513 g/mol. The molecule has 198 valence electrons. The maximum atomic E-state index is 13.3. The standard InChI is InChI=1S/C27H33FN4O5/c1-16(2)30-27(35)31-19-8-11-23-21(12-19)26(34)32(3)22-10-9-20(37-24(22)15-36-23)13-25(33)29-14-17-4-6-18(28)7-5-17/h4-8,11-12,16,20,22,24H,9-10,13-15H2,1-3H3,(H,29,33)(H2,30,31,35)/t20-,22+,24-/m1/s1. The third-order valence-corrected chi connectivity index (χ3v) is 6.51. The quantitative estimate of drug-likeness (QED) is 0.550. The molecule has 2 aromatic carbocycles. The first-order valence-corrected chi connectivity index (χ1v) is 12.5. The van der Waals surface area contributed by atoms with E-state index in [1.165, 1.54) is 12.1 Å². The fourth-order valence-electron chi connectivity index (χ4n) is 4.62. The van der Waals surface area contributed by atoms with Crippen molar-refractivity contribution < 1.29 is 28.2 Å². The normalized spacial score (nSPS) is 21.2. The summed E-state index contributed by atoms with van der Waals surface area (Å²) in [5.41, 5.74) is 1.67. The van der Waals surface area contributed by atoms with Gasteiger partial charge in [0, 0.05) is 25.3 Å². The zero-order valence-electron chi connectivity index (χ0n) is 21.3. The van der Waals surface area contributed by atoms with Gasteiger partial charge >= 0.3 is 6.03 Å². The Hall–Kier alpha value is -3.66. The van der Waals surface area contributed by atoms with E-state index >= 15 is 0 Å². The Balaban J connectivity index is 1.37. The van der Waals surface area contributed by atoms with Gasteiger partial charge in [0.25, 0.3) is 5.91 Å². The van der Waals surface area contributed by atoms with Gasteiger partial charge in [-0.15, -0.1) is 0 Å². The summed E-state index contributed by atoms with van der Waals surface area (Å²) in [4.78, 5) is 39.6. The second-order valence-corrected chi connectivity index (χ2v) is 9.74. The first-order valence-electron chi connectivity index (χ1n) is 12.5. The summed E-state index contributed by atoms with van der Waals surface area (Å²) in [6.07, 6.45) is 0.779. The zero-order chi connectivity index (χ0) is 26.5. The number of amides is 4. The van der Waals surface area contributed by atoms with Crippen molar-refractivity contribution in [1.82, 2.24) is 15.5 Å². The van der Waals surface area contributed by atoms with E-state index in [2.05, 4.69) is 16.0 Å². The van der Waals surface area contributed by atoms with Crippen LogP contribution in [0.4, 0.5) is 14.9 Å². The Morgan fingerprint density at radius 1 is 1.14 bits per heavy atom. The van der Waals surface area contributed by atoms with Gasteiger partial charge in [0.15, 0.2) is 0 Å². The second kappa shape index (κ2) is 11.6. The Morgan fingerprint density at radius 3 is 2.62 bits per heavy atom. The molecule has 2 aliphatic rings. The van der Waals surface area contributed by atoms with Gasteiger partial charge in [-0.2, -0.15) is 0 Å². The number of ether oxygens (including phenoxy) is 2. The van der Waals surface area contributed by atoms with Gasteiger partial charge in [0.05, 0.1) is 24.1 Å². The van der Waals surface area contributed by atoms with E-state index in [4.69, 9.17) is 9.47 Å². The van der Waals surface area contributed by atoms with Crippen LogP contribution in [-0.2, 0) is 16.1 Å². The van der Waals surface area contributed by atoms with Crippen LogP contribution in [0.25, 0.3) is 0 Å². The first-order chi connectivity index (χ1) is 17.7. The highest BCUT2D eigenvalue weighted by Crippen LogP contribution is 2.32. The molecule has 10 heteroatoms. The van der Waals surface area contributed by atoms with Crippen LogP contribution >= 0.6 is 0 Å². The largest absolute Gasteiger partial charge is 0.490 e. The van der Waals surface area contributed by atoms with Crippen LogP contribution in [0.5, 0.6) is 5.75 Å². The molecule has 0 bridgehead atoms. The predicted molar refractivity (Wildman–Crippen MR) is 136 cm³/mol. The zero-order valence-corrected chi connectivity index (χ0v) is 21.3. The predicted octanol–water partition coefficient (Wildman–Crippen LogP) is 3.44. The summed E-state index contributed by atoms with van der Waals surface area (Å²) in [5, 5.41) is 8.34. The smallest absolute Gasteiger partial charge is 0.319 e. The molecule has 0 unspecified atom stereocenters. The van der Waals surface area contributed by atoms with E-state index in [-0.39, 0.29) is 61.0 Å². The summed E-state index contributed by atoms with van der Waals surface area (Å²) >= 11 is 0. The number of nitrogens with one attached hydrogen (secondary N) is 3. The number of carbonyl (C=O) groups is 3. The number of likely N-dealkylation sites (N-methyl/N-ethyl adjacent to an activating group) is 1. The maximum absolute atomic E-state index is 13.3. The molecule has 0 aliphatic carbocycles. The van der Waals surface area contributed by atoms with Crippen LogP contribution in [0, 0.1) is 5.82 Å². The average Bonchev–Trinajstić information content (AvgIpc) is 2.85. The van der Waals surface area contributed by atoms with Crippen molar-refractivity contribution >= 4 is 23.5 Å². The number of fused-ring (bicyclic) bond motifs is 2. The monoisotopic (exact) mass is 512 g/mol. The van der Waals surface area contributed by atoms with Gasteiger partial charge in [-0.05, 0) is 62.6 Å². The van der Waals surface area contributed by atoms with E-state index in [9.17, 15) is 18.8 Å². The third kappa shape index (κ3) is 6.76. The number of hydrogen-bond donors (Lipinski definition) is 3. The Kier molecular flexibility index (Phi) is 8.27. The number of hydrogen-bond acceptors (Lipinski definition) is 5. The number of urea groups is 1. The molecular formula is C27H33FN4O5. The van der Waals surface area contributed by atoms with E-state index in [1.807, 2.05) is 13.8 Å². The molecule has 9 nitrogen and oxygen atoms in total. The van der Waals surface area contributed by atoms with Crippen LogP contribution in [0.3, 0.4) is 0 Å². The van der Waals surface area contributed by atoms with Crippen molar-refractivity contribution in [3.05, 3.63) is 59.4 Å². The fraction of sp³-hybridized carbons (Fsp3) is 0.444. The van der Waals surface area contributed by atoms with Crippen molar-refractivity contribution in [3.8, 4) is 5.75 Å². The Morgan fingerprint density at radius 2 is 1.89 bits per heavy atom. The molecule has 1 fully saturated rings. The minimum atomic E-state index is -0.389. The second-order valence-electron chi connectivity index (χ2n) is 9.74. The molecular weight excluding hydrogens is 479 g/mol. The number of rotatable bonds is 6. The van der Waals surface area contributed by atoms with Crippen molar-refractivity contribution in [2.45, 2.75) is 63.9 Å². The Labute approximate surface area is 215 Å². The molecule has 2 aliphatic heterocycles. The van der Waals surface area contributed by atoms with Gasteiger partial charge in [0.2, 0.25) is 5.91 Å². The highest BCUT2D eigenvalue weighted by atomic mass is 19.1. The van der Waals surface area contributed by atoms with Crippen LogP contribution in [-0.4, -0.2) is 60.7 Å². The number of anilines is 1. The van der Waals surface area contributed by atoms with E-state index in [0.717, 1.165) is 5.56 Å². The lowest BCUT2D eigenvalue weighted by atomic mass is 9.94. The fourth-order valence-corrected chi connectivity index (χ4v) is 4.62. The van der Waals surface area contributed by atoms with Gasteiger partial charge in [-0.25, -0.2) is 9.18 Å². The first kappa shape index (κ1) is 26.4. The van der Waals surface area contributed by atoms with Gasteiger partial charge in [-0.3, -0.25) is 9.59 Å². The summed E-state index contributed by atoms with van der Waals surface area (Å²) in [6.45, 7) is 4.26. The molecule has 4 rings (SSSR count). The van der Waals surface area contributed by atoms with Crippen molar-refractivity contribution in [2.24, 2.45) is 0 Å². The van der Waals surface area contributed by atoms with Gasteiger partial charge in [-0.1, -0.05) is 12.1 Å². The minimum absolute atomic E-state index is 0.0200. The molecule has 1 saturated heterocycles. The van der Waals surface area contributed by atoms with E-state index < -0.39 is 0 Å². The lowest BCUT2D eigenvalue weighted by Gasteiger charge is -2.42. The van der Waals surface area contributed by atoms with Gasteiger partial charge < -0.3 is 30.3 Å². The molecule has 0 spiro atoms. The molecule has 0 saturated carbocycles. The number of nitrogens with zero attached hydrogens (tertiary/aromatic N) is 1. The summed E-state index contributed by atoms with van der Waals surface area (Å²) in [5.74, 6) is -0.292. The summed E-state index contributed by atoms with van der Waals surface area (Å²) in [6, 6.07) is 10.4. The van der Waals surface area contributed by atoms with Gasteiger partial charge in [0.1, 0.15) is 24.3 Å². The third-order valence-electron chi connectivity index (χ3n) is 6.51. The summed E-state index contributed by atoms with van der Waals surface area (Å²) in [7, 11) is 1.74. The van der Waals surface area contributed by atoms with Crippen LogP contribution < -0.4 is 20.7 Å². The van der Waals surface area contributed by atoms with Crippen molar-refractivity contribution in [1.29, 1.82) is 0 Å². The molecule has 2 aromatic rings. The number of benzene rings is 2. The molecule has 0 aromatic heterocycles. The van der Waals surface area contributed by atoms with Crippen molar-refractivity contribution in [2.75, 3.05) is 19.0 Å². The molecule has 0 radical (unpaired) electrons. The lowest BCUT2D eigenvalue weighted by Crippen LogP contribution is -2.53. The van der Waals surface area contributed by atoms with E-state index in [0.29, 0.717) is 36.4 Å². The molecule has 4 amide bonds. The highest BCUT2D eigenvalue weighted by Gasteiger charge is 2.39. The minimum Gasteiger partial charge on any atom is -0.490 e. The molecule has 37 heavy (non-hydrogen) atoms. The van der Waals surface area contributed by atoms with Crippen LogP contribution in [0.1, 0.15) is 49.0 Å².